The minimum absolute atomic E-state index is 0.0287. The number of hydrogen-bond donors (Lipinski definition) is 3. The summed E-state index contributed by atoms with van der Waals surface area (Å²) >= 11 is 0. The predicted octanol–water partition coefficient (Wildman–Crippen LogP) is 2.80. The lowest BCUT2D eigenvalue weighted by atomic mass is 9.56. The van der Waals surface area contributed by atoms with E-state index >= 15 is 0 Å². The zero-order valence-corrected chi connectivity index (χ0v) is 13.5. The maximum atomic E-state index is 12.6. The number of rotatable bonds is 4. The summed E-state index contributed by atoms with van der Waals surface area (Å²) in [5.41, 5.74) is 14.7. The quantitative estimate of drug-likeness (QED) is 0.740. The predicted molar refractivity (Wildman–Crippen MR) is 88.4 cm³/mol. The highest BCUT2D eigenvalue weighted by atomic mass is 16.2. The Labute approximate surface area is 140 Å². The van der Waals surface area contributed by atoms with Gasteiger partial charge in [0.05, 0.1) is 17.4 Å². The van der Waals surface area contributed by atoms with Crippen LogP contribution in [-0.4, -0.2) is 17.4 Å². The minimum atomic E-state index is -0.527. The standard InChI is InChI=1S/C18H22N4O2/c19-16(23)14(12-9-18(22-20)7-5-10(12)6-8-18)15-11-3-1-2-4-13(11)21-17(15)24/h1-4,10,12,14-15,20H,5-9H2,(H2,19,23)(H,21,24)/t10?,12?,14-,15?,18?/m0/s1. The molecule has 2 unspecified atom stereocenters. The molecule has 1 aromatic carbocycles. The van der Waals surface area contributed by atoms with Crippen LogP contribution >= 0.6 is 0 Å². The maximum Gasteiger partial charge on any atom is 0.232 e. The maximum absolute atomic E-state index is 12.6. The van der Waals surface area contributed by atoms with Gasteiger partial charge < -0.3 is 11.1 Å². The summed E-state index contributed by atoms with van der Waals surface area (Å²) in [6.07, 6.45) is 4.45. The lowest BCUT2D eigenvalue weighted by Gasteiger charge is -2.50. The fourth-order valence-electron chi connectivity index (χ4n) is 5.21. The van der Waals surface area contributed by atoms with Crippen molar-refractivity contribution in [3.05, 3.63) is 29.8 Å². The number of benzene rings is 1. The van der Waals surface area contributed by atoms with Crippen molar-refractivity contribution in [2.75, 3.05) is 5.32 Å². The van der Waals surface area contributed by atoms with Gasteiger partial charge in [-0.1, -0.05) is 18.2 Å². The second kappa shape index (κ2) is 5.40. The van der Waals surface area contributed by atoms with Crippen molar-refractivity contribution in [1.29, 1.82) is 5.53 Å². The van der Waals surface area contributed by atoms with Gasteiger partial charge in [-0.2, -0.15) is 5.11 Å². The van der Waals surface area contributed by atoms with Crippen LogP contribution in [0.4, 0.5) is 5.69 Å². The molecule has 3 atom stereocenters. The molecule has 0 saturated heterocycles. The number of fused-ring (bicyclic) bond motifs is 4. The fourth-order valence-corrected chi connectivity index (χ4v) is 5.21. The van der Waals surface area contributed by atoms with E-state index in [1.807, 2.05) is 24.3 Å². The minimum Gasteiger partial charge on any atom is -0.369 e. The number of nitrogens with two attached hydrogens (primary N) is 1. The summed E-state index contributed by atoms with van der Waals surface area (Å²) < 4.78 is 0. The Morgan fingerprint density at radius 2 is 2.04 bits per heavy atom. The highest BCUT2D eigenvalue weighted by Gasteiger charge is 2.53. The Bertz CT molecular complexity index is 709. The molecule has 1 heterocycles. The van der Waals surface area contributed by atoms with Gasteiger partial charge in [0.2, 0.25) is 11.8 Å². The molecule has 2 bridgehead atoms. The molecule has 24 heavy (non-hydrogen) atoms. The zero-order chi connectivity index (χ0) is 16.9. The van der Waals surface area contributed by atoms with E-state index in [9.17, 15) is 9.59 Å². The van der Waals surface area contributed by atoms with Gasteiger partial charge in [0.25, 0.3) is 0 Å². The number of nitrogens with zero attached hydrogens (tertiary/aromatic N) is 1. The molecule has 4 N–H and O–H groups in total. The molecule has 3 aliphatic carbocycles. The molecule has 1 aromatic rings. The summed E-state index contributed by atoms with van der Waals surface area (Å²) in [5.74, 6) is -1.18. The first-order chi connectivity index (χ1) is 11.5. The summed E-state index contributed by atoms with van der Waals surface area (Å²) in [4.78, 5) is 25.0. The summed E-state index contributed by atoms with van der Waals surface area (Å²) in [6.45, 7) is 0. The number of hydrogen-bond acceptors (Lipinski definition) is 4. The molecule has 1 aliphatic heterocycles. The van der Waals surface area contributed by atoms with Crippen molar-refractivity contribution >= 4 is 17.5 Å². The fraction of sp³-hybridized carbons (Fsp3) is 0.556. The van der Waals surface area contributed by atoms with Crippen molar-refractivity contribution in [2.45, 2.75) is 43.6 Å². The lowest BCUT2D eigenvalue weighted by Crippen LogP contribution is -2.50. The van der Waals surface area contributed by atoms with Crippen LogP contribution in [0.15, 0.2) is 29.4 Å². The molecule has 2 amide bonds. The van der Waals surface area contributed by atoms with E-state index in [0.29, 0.717) is 12.3 Å². The van der Waals surface area contributed by atoms with E-state index in [2.05, 4.69) is 10.4 Å². The molecule has 6 nitrogen and oxygen atoms in total. The number of carbonyl (C=O) groups excluding carboxylic acids is 2. The van der Waals surface area contributed by atoms with Crippen molar-refractivity contribution in [2.24, 2.45) is 28.6 Å². The van der Waals surface area contributed by atoms with Crippen LogP contribution in [0.25, 0.3) is 0 Å². The lowest BCUT2D eigenvalue weighted by molar-refractivity contribution is -0.132. The third-order valence-electron chi connectivity index (χ3n) is 6.40. The molecule has 0 aromatic heterocycles. The van der Waals surface area contributed by atoms with Crippen molar-refractivity contribution in [1.82, 2.24) is 0 Å². The molecule has 3 fully saturated rings. The van der Waals surface area contributed by atoms with Crippen LogP contribution in [-0.2, 0) is 9.59 Å². The second-order valence-corrected chi connectivity index (χ2v) is 7.52. The van der Waals surface area contributed by atoms with Gasteiger partial charge in [-0.15, -0.1) is 0 Å². The monoisotopic (exact) mass is 326 g/mol. The van der Waals surface area contributed by atoms with Crippen LogP contribution in [0, 0.1) is 23.3 Å². The molecular formula is C18H22N4O2. The van der Waals surface area contributed by atoms with Gasteiger partial charge >= 0.3 is 0 Å². The topological polar surface area (TPSA) is 108 Å². The smallest absolute Gasteiger partial charge is 0.232 e. The Morgan fingerprint density at radius 3 is 2.71 bits per heavy atom. The number of amides is 2. The number of nitrogens with one attached hydrogen (secondary N) is 2. The van der Waals surface area contributed by atoms with Gasteiger partial charge in [0.1, 0.15) is 0 Å². The third kappa shape index (κ3) is 2.16. The van der Waals surface area contributed by atoms with Crippen LogP contribution in [0.1, 0.15) is 43.6 Å². The number of para-hydroxylation sites is 1. The molecule has 0 radical (unpaired) electrons. The summed E-state index contributed by atoms with van der Waals surface area (Å²) in [5, 5.41) is 6.80. The van der Waals surface area contributed by atoms with Gasteiger partial charge in [-0.05, 0) is 55.6 Å². The largest absolute Gasteiger partial charge is 0.369 e. The highest BCUT2D eigenvalue weighted by Crippen LogP contribution is 2.55. The van der Waals surface area contributed by atoms with E-state index in [0.717, 1.165) is 36.9 Å². The average Bonchev–Trinajstić information content (AvgIpc) is 2.92. The molecule has 0 spiro atoms. The second-order valence-electron chi connectivity index (χ2n) is 7.52. The van der Waals surface area contributed by atoms with Gasteiger partial charge in [-0.25, -0.2) is 5.53 Å². The third-order valence-corrected chi connectivity index (χ3v) is 6.40. The van der Waals surface area contributed by atoms with Crippen molar-refractivity contribution < 1.29 is 9.59 Å². The molecular weight excluding hydrogens is 304 g/mol. The van der Waals surface area contributed by atoms with Gasteiger partial charge in [0, 0.05) is 5.69 Å². The molecule has 3 saturated carbocycles. The van der Waals surface area contributed by atoms with Gasteiger partial charge in [-0.3, -0.25) is 9.59 Å². The average molecular weight is 326 g/mol. The van der Waals surface area contributed by atoms with Crippen molar-refractivity contribution in [3.8, 4) is 0 Å². The first-order valence-corrected chi connectivity index (χ1v) is 8.62. The Kier molecular flexibility index (Phi) is 3.44. The number of primary amides is 1. The van der Waals surface area contributed by atoms with E-state index in [-0.39, 0.29) is 17.4 Å². The summed E-state index contributed by atoms with van der Waals surface area (Å²) in [6, 6.07) is 7.52. The van der Waals surface area contributed by atoms with Crippen LogP contribution in [0.5, 0.6) is 0 Å². The van der Waals surface area contributed by atoms with Crippen LogP contribution in [0.2, 0.25) is 0 Å². The molecule has 5 rings (SSSR count). The van der Waals surface area contributed by atoms with E-state index in [4.69, 9.17) is 11.3 Å². The zero-order valence-electron chi connectivity index (χ0n) is 13.5. The van der Waals surface area contributed by atoms with Crippen LogP contribution in [0.3, 0.4) is 0 Å². The van der Waals surface area contributed by atoms with E-state index in [1.165, 1.54) is 0 Å². The normalized spacial score (nSPS) is 35.2. The highest BCUT2D eigenvalue weighted by molar-refractivity contribution is 6.05. The SMILES string of the molecule is N=NC12CCC(CC1)C([C@H](C(N)=O)C1C(=O)Nc3ccccc31)C2. The molecule has 126 valence electrons. The number of carbonyl (C=O) groups is 2. The molecule has 6 heteroatoms. The first-order valence-electron chi connectivity index (χ1n) is 8.62. The Morgan fingerprint density at radius 1 is 1.33 bits per heavy atom. The van der Waals surface area contributed by atoms with E-state index in [1.54, 1.807) is 0 Å². The first kappa shape index (κ1) is 15.3. The Hall–Kier alpha value is -2.24. The van der Waals surface area contributed by atoms with Crippen LogP contribution < -0.4 is 11.1 Å². The number of anilines is 1. The molecule has 4 aliphatic rings. The van der Waals surface area contributed by atoms with E-state index < -0.39 is 17.7 Å². The van der Waals surface area contributed by atoms with Crippen molar-refractivity contribution in [3.63, 3.8) is 0 Å². The van der Waals surface area contributed by atoms with Gasteiger partial charge in [0.15, 0.2) is 0 Å². The summed E-state index contributed by atoms with van der Waals surface area (Å²) in [7, 11) is 0. The Balaban J connectivity index is 1.73.